The molecule has 11 rings (SSSR count). The largest absolute Gasteiger partial charge is 0.444 e. The molecule has 2 heterocycles. The number of ether oxygens (including phenoxy) is 4. The Morgan fingerprint density at radius 3 is 1.00 bits per heavy atom. The number of aliphatic hydroxyl groups excluding tert-OH is 3. The van der Waals surface area contributed by atoms with Crippen LogP contribution in [0.3, 0.4) is 0 Å². The van der Waals surface area contributed by atoms with Gasteiger partial charge in [0.15, 0.2) is 0 Å². The minimum absolute atomic E-state index is 0.0225. The van der Waals surface area contributed by atoms with Crippen LogP contribution in [-0.4, -0.2) is 115 Å². The van der Waals surface area contributed by atoms with Gasteiger partial charge in [-0.05, 0) is 218 Å². The summed E-state index contributed by atoms with van der Waals surface area (Å²) in [6.45, 7) is 10.4. The van der Waals surface area contributed by atoms with Gasteiger partial charge in [0.2, 0.25) is 0 Å². The van der Waals surface area contributed by atoms with Gasteiger partial charge >= 0.3 is 17.5 Å². The lowest BCUT2D eigenvalue weighted by molar-refractivity contribution is -0.00548. The van der Waals surface area contributed by atoms with E-state index in [1.807, 2.05) is 103 Å². The minimum Gasteiger partial charge on any atom is -0.444 e. The normalized spacial score (nSPS) is 22.7. The van der Waals surface area contributed by atoms with Gasteiger partial charge in [0.1, 0.15) is 58.3 Å². The van der Waals surface area contributed by atoms with Crippen molar-refractivity contribution in [1.29, 1.82) is 0 Å². The van der Waals surface area contributed by atoms with Crippen molar-refractivity contribution in [3.8, 4) is 0 Å². The maximum Gasteiger partial charge on any atom is 0.408 e. The summed E-state index contributed by atoms with van der Waals surface area (Å²) in [7, 11) is 1.75. The molecule has 0 unspecified atom stereocenters. The first-order valence-electron chi connectivity index (χ1n) is 38.6. The number of nitrogens with one attached hydrogen (secondary N) is 3. The van der Waals surface area contributed by atoms with E-state index in [0.29, 0.717) is 111 Å². The molecule has 3 aliphatic carbocycles. The number of hydrogen-bond donors (Lipinski definition) is 6. The number of halogens is 6. The van der Waals surface area contributed by atoms with Crippen LogP contribution in [-0.2, 0) is 86.3 Å². The number of nitrogens with zero attached hydrogens (tertiary/aromatic N) is 5. The summed E-state index contributed by atoms with van der Waals surface area (Å²) in [5.41, 5.74) is 4.79. The number of aliphatic hydroxyl groups is 3. The molecule has 0 spiro atoms. The van der Waals surface area contributed by atoms with Gasteiger partial charge < -0.3 is 44.6 Å². The smallest absolute Gasteiger partial charge is 0.408 e. The Kier molecular flexibility index (Phi) is 32.8. The molecular formula is C87H114F6N8O10. The molecule has 18 nitrogen and oxygen atoms in total. The van der Waals surface area contributed by atoms with Crippen LogP contribution in [0, 0.1) is 0 Å². The highest BCUT2D eigenvalue weighted by Gasteiger charge is 2.49. The highest BCUT2D eigenvalue weighted by atomic mass is 19.1. The van der Waals surface area contributed by atoms with E-state index < -0.39 is 68.4 Å². The number of amides is 1. The molecule has 0 radical (unpaired) electrons. The zero-order valence-electron chi connectivity index (χ0n) is 65.6. The van der Waals surface area contributed by atoms with Gasteiger partial charge in [-0.25, -0.2) is 50.9 Å². The van der Waals surface area contributed by atoms with E-state index in [-0.39, 0.29) is 65.8 Å². The summed E-state index contributed by atoms with van der Waals surface area (Å²) in [6.07, 6.45) is 13.2. The van der Waals surface area contributed by atoms with Crippen molar-refractivity contribution in [3.05, 3.63) is 246 Å². The fourth-order valence-corrected chi connectivity index (χ4v) is 16.2. The molecule has 6 N–H and O–H groups in total. The number of carbonyl (C=O) groups excluding carboxylic acids is 1. The fourth-order valence-electron chi connectivity index (χ4n) is 16.2. The van der Waals surface area contributed by atoms with E-state index in [2.05, 4.69) is 67.1 Å². The number of H-pyrrole nitrogens is 2. The molecule has 3 saturated carbocycles. The molecule has 3 aliphatic rings. The number of carbonyl (C=O) groups is 1. The van der Waals surface area contributed by atoms with Crippen LogP contribution in [0.1, 0.15) is 230 Å². The Bertz CT molecular complexity index is 4010. The highest BCUT2D eigenvalue weighted by molar-refractivity contribution is 5.69. The van der Waals surface area contributed by atoms with E-state index in [0.717, 1.165) is 71.9 Å². The first-order valence-corrected chi connectivity index (χ1v) is 38.6. The molecule has 6 aromatic carbocycles. The molecule has 0 saturated heterocycles. The predicted octanol–water partition coefficient (Wildman–Crippen LogP) is 17.3. The first-order chi connectivity index (χ1) is 53.3. The number of aliphatic imine (C=N–C) groups is 1. The van der Waals surface area contributed by atoms with E-state index in [1.54, 1.807) is 77.0 Å². The average molecular weight is 1550 g/mol. The van der Waals surface area contributed by atoms with E-state index in [4.69, 9.17) is 18.9 Å². The van der Waals surface area contributed by atoms with Crippen LogP contribution in [0.2, 0.25) is 0 Å². The Morgan fingerprint density at radius 2 is 0.766 bits per heavy atom. The number of hydrogen-bond acceptors (Lipinski definition) is 13. The molecule has 111 heavy (non-hydrogen) atoms. The van der Waals surface area contributed by atoms with Gasteiger partial charge in [0.25, 0.3) is 0 Å². The summed E-state index contributed by atoms with van der Waals surface area (Å²) in [6, 6.07) is 45.6. The maximum absolute atomic E-state index is 13.3. The van der Waals surface area contributed by atoms with Gasteiger partial charge in [-0.2, -0.15) is 10.2 Å². The highest BCUT2D eigenvalue weighted by Crippen LogP contribution is 2.51. The minimum atomic E-state index is -0.654. The topological polar surface area (TPSA) is 240 Å². The van der Waals surface area contributed by atoms with Crippen LogP contribution in [0.15, 0.2) is 173 Å². The van der Waals surface area contributed by atoms with Gasteiger partial charge in [-0.3, -0.25) is 9.13 Å². The molecule has 2 aromatic heterocycles. The number of alkyl halides is 6. The summed E-state index contributed by atoms with van der Waals surface area (Å²) < 4.78 is 108. The Morgan fingerprint density at radius 1 is 0.486 bits per heavy atom. The third-order valence-electron chi connectivity index (χ3n) is 22.9. The van der Waals surface area contributed by atoms with Crippen LogP contribution in [0.5, 0.6) is 0 Å². The number of benzene rings is 6. The lowest BCUT2D eigenvalue weighted by atomic mass is 9.63. The molecule has 604 valence electrons. The Hall–Kier alpha value is -8.52. The van der Waals surface area contributed by atoms with E-state index >= 15 is 0 Å². The Labute approximate surface area is 648 Å². The molecular weight excluding hydrogens is 1430 g/mol. The van der Waals surface area contributed by atoms with Crippen LogP contribution in [0.25, 0.3) is 0 Å². The monoisotopic (exact) mass is 1540 g/mol. The second-order valence-electron chi connectivity index (χ2n) is 31.2. The first kappa shape index (κ1) is 88.1. The number of aromatic amines is 2. The number of alkyl carbamates (subject to hydrolysis) is 1. The lowest BCUT2D eigenvalue weighted by Crippen LogP contribution is -2.55. The van der Waals surface area contributed by atoms with Crippen molar-refractivity contribution in [2.45, 2.75) is 242 Å². The van der Waals surface area contributed by atoms with Crippen LogP contribution in [0.4, 0.5) is 31.1 Å². The molecule has 0 aliphatic heterocycles. The average Bonchev–Trinajstić information content (AvgIpc) is 1.72. The standard InChI is InChI=1S/C30H41F2NO4.2C27H33F2N3O3.C3H7N/c1-22(25-17-23(19-31)16-24(18-25)20-32)36-21-29(26-8-6-5-7-9-26)10-12-30(13-11-29,14-15-34)33-27(35)37-28(2,3)4;2*1-20(23-14-21(16-28)13-22(15-23)17-29)35-18-26(24-5-3-2-4-6-24)7-9-27(10-8-26,11-12-33)32-19-30-31-25(32)34;1-3-4-2/h5-9,16-18,22,34H,10-15,19-21H2,1-4H3,(H,33,35);2*2-6,13-15,19-20,33H,7-12,16-18H2,1H3,(H,31,34);3H,1-2H3/t22-,29?,30?;2*20-,26?,27?;/m111./s1. The third-order valence-corrected chi connectivity index (χ3v) is 22.9. The molecule has 8 aromatic rings. The summed E-state index contributed by atoms with van der Waals surface area (Å²) in [4.78, 5) is 41.0. The van der Waals surface area contributed by atoms with Gasteiger partial charge in [-0.1, -0.05) is 146 Å². The van der Waals surface area contributed by atoms with Crippen molar-refractivity contribution in [3.63, 3.8) is 0 Å². The van der Waals surface area contributed by atoms with Crippen molar-refractivity contribution in [2.75, 3.05) is 46.7 Å². The summed E-state index contributed by atoms with van der Waals surface area (Å²) in [5.74, 6) is 0. The molecule has 0 bridgehead atoms. The van der Waals surface area contributed by atoms with Gasteiger partial charge in [0, 0.05) is 48.7 Å². The SMILES string of the molecule is CC=NC.C[C@@H](OCC1(c2ccccc2)CCC(CCO)(NC(=O)OC(C)(C)C)CC1)c1cc(CF)cc(CF)c1.C[C@@H](OCC1(c2ccccc2)CCC(CCO)(n2cn[nH]c2=O)CC1)c1cc(CF)cc(CF)c1.C[C@@H](OCC1(c2ccccc2)CCC(CCO)(n2cn[nH]c2=O)CC1)c1cc(CF)cc(CF)c1. The zero-order chi connectivity index (χ0) is 80.3. The van der Waals surface area contributed by atoms with Crippen LogP contribution < -0.4 is 16.7 Å². The second kappa shape index (κ2) is 41.3. The molecule has 3 fully saturated rings. The maximum atomic E-state index is 13.3. The summed E-state index contributed by atoms with van der Waals surface area (Å²) >= 11 is 0. The predicted molar refractivity (Wildman–Crippen MR) is 420 cm³/mol. The lowest BCUT2D eigenvalue weighted by Gasteiger charge is -2.47. The van der Waals surface area contributed by atoms with Gasteiger partial charge in [-0.15, -0.1) is 0 Å². The quantitative estimate of drug-likeness (QED) is 0.0182. The Balaban J connectivity index is 0.000000204. The zero-order valence-corrected chi connectivity index (χ0v) is 65.6. The molecule has 24 heteroatoms. The fraction of sp³-hybridized carbons (Fsp3) is 0.517. The van der Waals surface area contributed by atoms with Crippen molar-refractivity contribution in [2.24, 2.45) is 4.99 Å². The third kappa shape index (κ3) is 23.1. The summed E-state index contributed by atoms with van der Waals surface area (Å²) in [5, 5.41) is 45.2. The van der Waals surface area contributed by atoms with Crippen molar-refractivity contribution >= 4 is 12.3 Å². The van der Waals surface area contributed by atoms with E-state index in [9.17, 15) is 56.0 Å². The second-order valence-corrected chi connectivity index (χ2v) is 31.2. The van der Waals surface area contributed by atoms with E-state index in [1.165, 1.54) is 12.7 Å². The number of aromatic nitrogens is 6. The molecule has 3 atom stereocenters. The van der Waals surface area contributed by atoms with Gasteiger partial charge in [0.05, 0.1) is 49.2 Å². The van der Waals surface area contributed by atoms with Crippen molar-refractivity contribution in [1.82, 2.24) is 34.8 Å². The van der Waals surface area contributed by atoms with Crippen LogP contribution >= 0.6 is 0 Å². The molecule has 1 amide bonds. The number of rotatable bonds is 30. The van der Waals surface area contributed by atoms with Crippen molar-refractivity contribution < 1.29 is 65.4 Å².